The Morgan fingerprint density at radius 2 is 2.22 bits per heavy atom. The lowest BCUT2D eigenvalue weighted by Crippen LogP contribution is -2.31. The largest absolute Gasteiger partial charge is 0.399 e. The first kappa shape index (κ1) is 14.1. The van der Waals surface area contributed by atoms with Gasteiger partial charge in [0.05, 0.1) is 6.04 Å². The fourth-order valence-corrected chi connectivity index (χ4v) is 3.64. The third kappa shape index (κ3) is 2.52. The topological polar surface area (TPSA) is 80.0 Å². The van der Waals surface area contributed by atoms with Crippen LogP contribution in [0.25, 0.3) is 0 Å². The Balaban J connectivity index is 1.60. The molecular weight excluding hydrogens is 288 g/mol. The minimum absolute atomic E-state index is 0.0120. The number of carbonyl (C=O) groups is 1. The summed E-state index contributed by atoms with van der Waals surface area (Å²) in [5, 5.41) is 6.42. The molecule has 118 valence electrons. The zero-order valence-electron chi connectivity index (χ0n) is 12.9. The molecule has 23 heavy (non-hydrogen) atoms. The van der Waals surface area contributed by atoms with Gasteiger partial charge >= 0.3 is 0 Å². The molecule has 5 nitrogen and oxygen atoms in total. The number of rotatable bonds is 2. The first-order chi connectivity index (χ1) is 11.2. The van der Waals surface area contributed by atoms with E-state index in [0.717, 1.165) is 54.9 Å². The number of benzene rings is 1. The number of fused-ring (bicyclic) bond motifs is 2. The molecule has 2 aromatic rings. The number of nitrogens with two attached hydrogens (primary N) is 1. The van der Waals surface area contributed by atoms with Crippen LogP contribution in [0.3, 0.4) is 0 Å². The van der Waals surface area contributed by atoms with E-state index < -0.39 is 0 Å². The quantitative estimate of drug-likeness (QED) is 0.744. The second-order valence-electron chi connectivity index (χ2n) is 6.24. The Morgan fingerprint density at radius 3 is 3.13 bits per heavy atom. The average Bonchev–Trinajstić information content (AvgIpc) is 3.03. The zero-order chi connectivity index (χ0) is 15.8. The van der Waals surface area contributed by atoms with Gasteiger partial charge in [0, 0.05) is 29.6 Å². The maximum atomic E-state index is 12.8. The number of nitrogen functional groups attached to an aromatic ring is 1. The normalized spacial score (nSPS) is 18.7. The van der Waals surface area contributed by atoms with Gasteiger partial charge in [0.2, 0.25) is 0 Å². The molecule has 0 bridgehead atoms. The molecule has 0 saturated carbocycles. The molecule has 4 rings (SSSR count). The number of hydrogen-bond donors (Lipinski definition) is 3. The van der Waals surface area contributed by atoms with E-state index in [1.54, 1.807) is 6.20 Å². The van der Waals surface area contributed by atoms with Crippen molar-refractivity contribution in [2.45, 2.75) is 31.7 Å². The van der Waals surface area contributed by atoms with E-state index in [0.29, 0.717) is 0 Å². The molecule has 1 aromatic heterocycles. The predicted octanol–water partition coefficient (Wildman–Crippen LogP) is 2.44. The Labute approximate surface area is 135 Å². The molecule has 1 atom stereocenters. The molecule has 4 N–H and O–H groups in total. The Morgan fingerprint density at radius 1 is 1.30 bits per heavy atom. The number of hydrogen-bond acceptors (Lipinski definition) is 4. The average molecular weight is 308 g/mol. The van der Waals surface area contributed by atoms with Gasteiger partial charge in [0.15, 0.2) is 0 Å². The second-order valence-corrected chi connectivity index (χ2v) is 6.24. The zero-order valence-corrected chi connectivity index (χ0v) is 12.9. The van der Waals surface area contributed by atoms with Crippen molar-refractivity contribution in [3.8, 4) is 0 Å². The van der Waals surface area contributed by atoms with Gasteiger partial charge in [-0.05, 0) is 55.0 Å². The van der Waals surface area contributed by atoms with E-state index >= 15 is 0 Å². The molecule has 0 fully saturated rings. The maximum Gasteiger partial charge on any atom is 0.252 e. The molecule has 0 saturated heterocycles. The van der Waals surface area contributed by atoms with Gasteiger partial charge in [-0.15, -0.1) is 0 Å². The molecule has 2 aliphatic rings. The minimum atomic E-state index is -0.0120. The van der Waals surface area contributed by atoms with Crippen molar-refractivity contribution in [3.63, 3.8) is 0 Å². The van der Waals surface area contributed by atoms with Gasteiger partial charge in [-0.25, -0.2) is 4.98 Å². The van der Waals surface area contributed by atoms with Crippen LogP contribution in [0.15, 0.2) is 30.5 Å². The smallest absolute Gasteiger partial charge is 0.252 e. The van der Waals surface area contributed by atoms with Gasteiger partial charge in [0.1, 0.15) is 5.82 Å². The van der Waals surface area contributed by atoms with Crippen molar-refractivity contribution < 1.29 is 4.79 Å². The van der Waals surface area contributed by atoms with Crippen LogP contribution in [0.1, 0.15) is 45.9 Å². The summed E-state index contributed by atoms with van der Waals surface area (Å²) in [7, 11) is 0. The molecule has 1 amide bonds. The third-order valence-electron chi connectivity index (χ3n) is 4.75. The van der Waals surface area contributed by atoms with Gasteiger partial charge in [0.25, 0.3) is 5.91 Å². The van der Waals surface area contributed by atoms with Crippen molar-refractivity contribution in [3.05, 3.63) is 52.7 Å². The SMILES string of the molecule is Nc1ccc2c(c1)CCCC2NC(=O)c1ccnc2c1CCN2. The van der Waals surface area contributed by atoms with E-state index in [9.17, 15) is 4.79 Å². The van der Waals surface area contributed by atoms with Crippen LogP contribution in [-0.2, 0) is 12.8 Å². The van der Waals surface area contributed by atoms with Crippen LogP contribution in [-0.4, -0.2) is 17.4 Å². The standard InChI is InChI=1S/C18H20N4O/c19-12-4-5-13-11(10-12)2-1-3-16(13)22-18(23)15-7-9-21-17-14(15)6-8-20-17/h4-5,7,9-10,16H,1-3,6,8,19H2,(H,20,21)(H,22,23). The molecule has 5 heteroatoms. The van der Waals surface area contributed by atoms with E-state index in [1.165, 1.54) is 11.1 Å². The summed E-state index contributed by atoms with van der Waals surface area (Å²) in [4.78, 5) is 17.0. The number of nitrogens with zero attached hydrogens (tertiary/aromatic N) is 1. The number of anilines is 2. The first-order valence-electron chi connectivity index (χ1n) is 8.13. The van der Waals surface area contributed by atoms with Gasteiger partial charge in [-0.1, -0.05) is 6.07 Å². The van der Waals surface area contributed by atoms with Crippen molar-refractivity contribution in [1.29, 1.82) is 0 Å². The molecule has 2 heterocycles. The highest BCUT2D eigenvalue weighted by atomic mass is 16.1. The lowest BCUT2D eigenvalue weighted by atomic mass is 9.87. The number of aryl methyl sites for hydroxylation is 1. The highest BCUT2D eigenvalue weighted by Gasteiger charge is 2.25. The van der Waals surface area contributed by atoms with Gasteiger partial charge < -0.3 is 16.4 Å². The van der Waals surface area contributed by atoms with Crippen LogP contribution < -0.4 is 16.4 Å². The summed E-state index contributed by atoms with van der Waals surface area (Å²) in [6.07, 6.45) is 5.61. The van der Waals surface area contributed by atoms with Crippen LogP contribution in [0.4, 0.5) is 11.5 Å². The summed E-state index contributed by atoms with van der Waals surface area (Å²) in [6, 6.07) is 7.87. The van der Waals surface area contributed by atoms with E-state index in [2.05, 4.69) is 15.6 Å². The highest BCUT2D eigenvalue weighted by Crippen LogP contribution is 2.32. The molecular formula is C18H20N4O. The lowest BCUT2D eigenvalue weighted by molar-refractivity contribution is 0.0932. The van der Waals surface area contributed by atoms with E-state index in [1.807, 2.05) is 24.3 Å². The molecule has 1 aliphatic carbocycles. The first-order valence-corrected chi connectivity index (χ1v) is 8.13. The highest BCUT2D eigenvalue weighted by molar-refractivity contribution is 5.97. The molecule has 0 radical (unpaired) electrons. The Kier molecular flexibility index (Phi) is 3.41. The summed E-state index contributed by atoms with van der Waals surface area (Å²) in [6.45, 7) is 0.845. The number of amides is 1. The summed E-state index contributed by atoms with van der Waals surface area (Å²) in [5.74, 6) is 0.830. The van der Waals surface area contributed by atoms with Crippen LogP contribution >= 0.6 is 0 Å². The van der Waals surface area contributed by atoms with E-state index in [4.69, 9.17) is 5.73 Å². The second kappa shape index (κ2) is 5.57. The fraction of sp³-hybridized carbons (Fsp3) is 0.333. The maximum absolute atomic E-state index is 12.8. The summed E-state index contributed by atoms with van der Waals surface area (Å²) < 4.78 is 0. The van der Waals surface area contributed by atoms with Gasteiger partial charge in [-0.2, -0.15) is 0 Å². The minimum Gasteiger partial charge on any atom is -0.399 e. The van der Waals surface area contributed by atoms with Crippen LogP contribution in [0, 0.1) is 0 Å². The predicted molar refractivity (Wildman–Crippen MR) is 90.4 cm³/mol. The van der Waals surface area contributed by atoms with Crippen LogP contribution in [0.5, 0.6) is 0 Å². The monoisotopic (exact) mass is 308 g/mol. The Bertz CT molecular complexity index is 772. The third-order valence-corrected chi connectivity index (χ3v) is 4.75. The lowest BCUT2D eigenvalue weighted by Gasteiger charge is -2.27. The number of aromatic nitrogens is 1. The molecule has 1 aliphatic heterocycles. The number of pyridine rings is 1. The number of carbonyl (C=O) groups excluding carboxylic acids is 1. The van der Waals surface area contributed by atoms with Crippen molar-refractivity contribution in [1.82, 2.24) is 10.3 Å². The Hall–Kier alpha value is -2.56. The number of nitrogens with one attached hydrogen (secondary N) is 2. The van der Waals surface area contributed by atoms with E-state index in [-0.39, 0.29) is 11.9 Å². The summed E-state index contributed by atoms with van der Waals surface area (Å²) >= 11 is 0. The van der Waals surface area contributed by atoms with Crippen molar-refractivity contribution in [2.24, 2.45) is 0 Å². The summed E-state index contributed by atoms with van der Waals surface area (Å²) in [5.41, 5.74) is 10.9. The molecule has 0 spiro atoms. The van der Waals surface area contributed by atoms with Gasteiger partial charge in [-0.3, -0.25) is 4.79 Å². The van der Waals surface area contributed by atoms with Crippen molar-refractivity contribution in [2.75, 3.05) is 17.6 Å². The molecule has 1 aromatic carbocycles. The van der Waals surface area contributed by atoms with Crippen molar-refractivity contribution >= 4 is 17.4 Å². The fourth-order valence-electron chi connectivity index (χ4n) is 3.64. The molecule has 1 unspecified atom stereocenters. The van der Waals surface area contributed by atoms with Crippen LogP contribution in [0.2, 0.25) is 0 Å².